The zero-order chi connectivity index (χ0) is 12.8. The molecule has 1 aromatic carbocycles. The Hall–Kier alpha value is -1.56. The average molecular weight is 302 g/mol. The second-order valence-electron chi connectivity index (χ2n) is 3.46. The van der Waals surface area contributed by atoms with Crippen molar-refractivity contribution in [2.45, 2.75) is 12.5 Å². The van der Waals surface area contributed by atoms with Gasteiger partial charge in [0.25, 0.3) is 0 Å². The van der Waals surface area contributed by atoms with Crippen molar-refractivity contribution in [3.63, 3.8) is 0 Å². The Balaban J connectivity index is 2.70. The maximum absolute atomic E-state index is 11.1. The smallest absolute Gasteiger partial charge is 0.326 e. The van der Waals surface area contributed by atoms with Gasteiger partial charge in [0.1, 0.15) is 11.8 Å². The van der Waals surface area contributed by atoms with Crippen LogP contribution in [0.3, 0.4) is 0 Å². The zero-order valence-electron chi connectivity index (χ0n) is 8.89. The first-order valence-corrected chi connectivity index (χ1v) is 6.01. The predicted molar refractivity (Wildman–Crippen MR) is 65.2 cm³/mol. The van der Waals surface area contributed by atoms with E-state index in [1.165, 1.54) is 12.1 Å². The summed E-state index contributed by atoms with van der Waals surface area (Å²) in [7, 11) is 0. The molecule has 0 aliphatic carbocycles. The maximum Gasteiger partial charge on any atom is 0.326 e. The Morgan fingerprint density at radius 3 is 2.35 bits per heavy atom. The van der Waals surface area contributed by atoms with Gasteiger partial charge in [-0.25, -0.2) is 4.79 Å². The Bertz CT molecular complexity index is 404. The average Bonchev–Trinajstić information content (AvgIpc) is 2.30. The van der Waals surface area contributed by atoms with Crippen LogP contribution in [0.15, 0.2) is 24.3 Å². The normalized spacial score (nSPS) is 11.8. The summed E-state index contributed by atoms with van der Waals surface area (Å²) >= 11 is 2.95. The van der Waals surface area contributed by atoms with Gasteiger partial charge in [0, 0.05) is 6.42 Å². The third-order valence-corrected chi connectivity index (χ3v) is 2.64. The predicted octanol–water partition coefficient (Wildman–Crippen LogP) is 0.899. The molecule has 0 bridgehead atoms. The van der Waals surface area contributed by atoms with Crippen LogP contribution >= 0.6 is 15.9 Å². The minimum absolute atomic E-state index is 0.0619. The van der Waals surface area contributed by atoms with Crippen LogP contribution in [0.5, 0.6) is 5.75 Å². The summed E-state index contributed by atoms with van der Waals surface area (Å²) in [6.07, 6.45) is 0.175. The number of carboxylic acid groups (broad SMARTS) is 1. The quantitative estimate of drug-likeness (QED) is 0.705. The van der Waals surface area contributed by atoms with E-state index < -0.39 is 12.0 Å². The third-order valence-electron chi connectivity index (χ3n) is 2.13. The molecule has 0 aliphatic heterocycles. The van der Waals surface area contributed by atoms with Crippen LogP contribution in [-0.2, 0) is 16.0 Å². The van der Waals surface area contributed by atoms with E-state index in [0.29, 0.717) is 0 Å². The lowest BCUT2D eigenvalue weighted by Gasteiger charge is -2.13. The number of carboxylic acids is 1. The fraction of sp³-hybridized carbons (Fsp3) is 0.273. The summed E-state index contributed by atoms with van der Waals surface area (Å²) in [5.74, 6) is -1.35. The Labute approximate surface area is 107 Å². The van der Waals surface area contributed by atoms with Gasteiger partial charge in [0.2, 0.25) is 5.91 Å². The van der Waals surface area contributed by atoms with E-state index in [9.17, 15) is 9.59 Å². The Morgan fingerprint density at radius 2 is 1.88 bits per heavy atom. The van der Waals surface area contributed by atoms with Gasteiger partial charge in [-0.15, -0.1) is 0 Å². The van der Waals surface area contributed by atoms with Crippen molar-refractivity contribution in [3.8, 4) is 5.75 Å². The number of rotatable bonds is 5. The van der Waals surface area contributed by atoms with E-state index in [0.717, 1.165) is 5.56 Å². The fourth-order valence-electron chi connectivity index (χ4n) is 1.30. The molecule has 1 atom stereocenters. The molecule has 1 aromatic rings. The van der Waals surface area contributed by atoms with Crippen molar-refractivity contribution in [1.82, 2.24) is 5.32 Å². The number of hydrogen-bond acceptors (Lipinski definition) is 3. The first-order valence-electron chi connectivity index (χ1n) is 4.89. The number of halogens is 1. The first kappa shape index (κ1) is 13.5. The van der Waals surface area contributed by atoms with Gasteiger partial charge in [0.05, 0.1) is 5.33 Å². The number of benzene rings is 1. The van der Waals surface area contributed by atoms with Gasteiger partial charge in [-0.2, -0.15) is 0 Å². The molecule has 1 amide bonds. The lowest BCUT2D eigenvalue weighted by Crippen LogP contribution is -2.42. The first-order chi connectivity index (χ1) is 8.02. The molecule has 0 saturated carbocycles. The molecular formula is C11H12BrNO4. The number of amides is 1. The van der Waals surface area contributed by atoms with Crippen molar-refractivity contribution in [2.24, 2.45) is 0 Å². The van der Waals surface area contributed by atoms with Crippen LogP contribution in [0.1, 0.15) is 5.56 Å². The van der Waals surface area contributed by atoms with Crippen molar-refractivity contribution < 1.29 is 19.8 Å². The standard InChI is InChI=1S/C11H12BrNO4/c12-6-10(15)13-9(11(16)17)5-7-1-3-8(14)4-2-7/h1-4,9,14H,5-6H2,(H,13,15)(H,16,17)/t9-/m0/s1. The number of carbonyl (C=O) groups excluding carboxylic acids is 1. The second kappa shape index (κ2) is 6.24. The minimum Gasteiger partial charge on any atom is -0.508 e. The number of alkyl halides is 1. The van der Waals surface area contributed by atoms with Gasteiger partial charge >= 0.3 is 5.97 Å². The molecule has 0 saturated heterocycles. The molecule has 0 unspecified atom stereocenters. The van der Waals surface area contributed by atoms with Gasteiger partial charge < -0.3 is 15.5 Å². The SMILES string of the molecule is O=C(CBr)N[C@@H](Cc1ccc(O)cc1)C(=O)O. The van der Waals surface area contributed by atoms with E-state index in [-0.39, 0.29) is 23.4 Å². The largest absolute Gasteiger partial charge is 0.508 e. The molecule has 5 nitrogen and oxygen atoms in total. The van der Waals surface area contributed by atoms with Crippen LogP contribution in [0.2, 0.25) is 0 Å². The van der Waals surface area contributed by atoms with E-state index in [2.05, 4.69) is 21.2 Å². The monoisotopic (exact) mass is 301 g/mol. The van der Waals surface area contributed by atoms with Gasteiger partial charge in [-0.3, -0.25) is 4.79 Å². The molecule has 0 radical (unpaired) electrons. The molecule has 0 fully saturated rings. The molecule has 0 heterocycles. The number of phenols is 1. The summed E-state index contributed by atoms with van der Waals surface area (Å²) in [4.78, 5) is 22.1. The van der Waals surface area contributed by atoms with Crippen LogP contribution in [0.4, 0.5) is 0 Å². The molecular weight excluding hydrogens is 290 g/mol. The fourth-order valence-corrected chi connectivity index (χ4v) is 1.46. The second-order valence-corrected chi connectivity index (χ2v) is 4.02. The number of nitrogens with one attached hydrogen (secondary N) is 1. The van der Waals surface area contributed by atoms with E-state index in [1.54, 1.807) is 12.1 Å². The lowest BCUT2D eigenvalue weighted by atomic mass is 10.1. The highest BCUT2D eigenvalue weighted by atomic mass is 79.9. The highest BCUT2D eigenvalue weighted by molar-refractivity contribution is 9.09. The van der Waals surface area contributed by atoms with Gasteiger partial charge in [-0.05, 0) is 17.7 Å². The zero-order valence-corrected chi connectivity index (χ0v) is 10.5. The molecule has 0 spiro atoms. The van der Waals surface area contributed by atoms with Crippen LogP contribution in [-0.4, -0.2) is 33.5 Å². The minimum atomic E-state index is -1.09. The van der Waals surface area contributed by atoms with Crippen LogP contribution in [0, 0.1) is 0 Å². The summed E-state index contributed by atoms with van der Waals surface area (Å²) < 4.78 is 0. The van der Waals surface area contributed by atoms with Gasteiger partial charge in [0.15, 0.2) is 0 Å². The third kappa shape index (κ3) is 4.44. The van der Waals surface area contributed by atoms with Crippen LogP contribution in [0.25, 0.3) is 0 Å². The van der Waals surface area contributed by atoms with Crippen molar-refractivity contribution in [2.75, 3.05) is 5.33 Å². The summed E-state index contributed by atoms with van der Waals surface area (Å²) in [5, 5.41) is 20.5. The number of carbonyl (C=O) groups is 2. The summed E-state index contributed by atoms with van der Waals surface area (Å²) in [6.45, 7) is 0. The van der Waals surface area contributed by atoms with E-state index in [4.69, 9.17) is 10.2 Å². The van der Waals surface area contributed by atoms with Crippen LogP contribution < -0.4 is 5.32 Å². The van der Waals surface area contributed by atoms with E-state index in [1.807, 2.05) is 0 Å². The summed E-state index contributed by atoms with van der Waals surface area (Å²) in [6, 6.07) is 5.21. The van der Waals surface area contributed by atoms with E-state index >= 15 is 0 Å². The lowest BCUT2D eigenvalue weighted by molar-refractivity contribution is -0.141. The van der Waals surface area contributed by atoms with Gasteiger partial charge in [-0.1, -0.05) is 28.1 Å². The maximum atomic E-state index is 11.1. The molecule has 17 heavy (non-hydrogen) atoms. The number of hydrogen-bond donors (Lipinski definition) is 3. The number of aliphatic carboxylic acids is 1. The summed E-state index contributed by atoms with van der Waals surface area (Å²) in [5.41, 5.74) is 0.727. The molecule has 6 heteroatoms. The Morgan fingerprint density at radius 1 is 1.29 bits per heavy atom. The molecule has 1 rings (SSSR count). The molecule has 92 valence electrons. The number of aromatic hydroxyl groups is 1. The van der Waals surface area contributed by atoms with Crippen molar-refractivity contribution in [1.29, 1.82) is 0 Å². The Kier molecular flexibility index (Phi) is 4.96. The molecule has 3 N–H and O–H groups in total. The molecule has 0 aromatic heterocycles. The topological polar surface area (TPSA) is 86.6 Å². The van der Waals surface area contributed by atoms with Crippen molar-refractivity contribution in [3.05, 3.63) is 29.8 Å². The van der Waals surface area contributed by atoms with Crippen molar-refractivity contribution >= 4 is 27.8 Å². The number of phenolic OH excluding ortho intramolecular Hbond substituents is 1. The molecule has 0 aliphatic rings. The highest BCUT2D eigenvalue weighted by Crippen LogP contribution is 2.11. The highest BCUT2D eigenvalue weighted by Gasteiger charge is 2.19.